The van der Waals surface area contributed by atoms with E-state index in [2.05, 4.69) is 29.4 Å². The highest BCUT2D eigenvalue weighted by atomic mass is 32.2. The number of rotatable bonds is 5. The number of aromatic nitrogens is 2. The maximum absolute atomic E-state index is 12.6. The van der Waals surface area contributed by atoms with Crippen molar-refractivity contribution in [1.82, 2.24) is 19.8 Å². The average molecular weight is 286 g/mol. The topological polar surface area (TPSA) is 78.1 Å². The zero-order chi connectivity index (χ0) is 14.1. The van der Waals surface area contributed by atoms with Crippen LogP contribution in [0.4, 0.5) is 0 Å². The number of sulfonamides is 1. The molecule has 6 nitrogen and oxygen atoms in total. The van der Waals surface area contributed by atoms with Crippen LogP contribution >= 0.6 is 0 Å². The molecule has 1 saturated heterocycles. The van der Waals surface area contributed by atoms with Crippen molar-refractivity contribution in [3.63, 3.8) is 0 Å². The van der Waals surface area contributed by atoms with Crippen LogP contribution in [0, 0.1) is 5.41 Å². The van der Waals surface area contributed by atoms with Gasteiger partial charge in [0.05, 0.1) is 6.20 Å². The predicted molar refractivity (Wildman–Crippen MR) is 73.1 cm³/mol. The number of aromatic amines is 1. The summed E-state index contributed by atoms with van der Waals surface area (Å²) < 4.78 is 26.7. The minimum Gasteiger partial charge on any atom is -0.313 e. The van der Waals surface area contributed by atoms with Gasteiger partial charge in [-0.1, -0.05) is 20.8 Å². The molecule has 1 aliphatic rings. The Kier molecular flexibility index (Phi) is 3.98. The minimum atomic E-state index is -3.45. The van der Waals surface area contributed by atoms with Crippen LogP contribution in [0.5, 0.6) is 0 Å². The molecule has 0 radical (unpaired) electrons. The molecule has 0 aliphatic carbocycles. The average Bonchev–Trinajstić information content (AvgIpc) is 2.93. The molecule has 0 amide bonds. The first-order valence-corrected chi connectivity index (χ1v) is 8.04. The number of nitrogens with zero attached hydrogens (tertiary/aromatic N) is 2. The number of hydrogen-bond donors (Lipinski definition) is 2. The highest BCUT2D eigenvalue weighted by Gasteiger charge is 2.38. The van der Waals surface area contributed by atoms with E-state index in [4.69, 9.17) is 0 Å². The lowest BCUT2D eigenvalue weighted by Gasteiger charge is -2.19. The van der Waals surface area contributed by atoms with Crippen molar-refractivity contribution in [2.75, 3.05) is 19.6 Å². The largest absolute Gasteiger partial charge is 0.313 e. The lowest BCUT2D eigenvalue weighted by Crippen LogP contribution is -2.31. The summed E-state index contributed by atoms with van der Waals surface area (Å²) in [6.07, 6.45) is 2.47. The molecule has 2 rings (SSSR count). The molecular formula is C12H22N4O2S. The molecule has 2 heterocycles. The zero-order valence-electron chi connectivity index (χ0n) is 11.7. The molecule has 2 N–H and O–H groups in total. The van der Waals surface area contributed by atoms with Gasteiger partial charge in [0.25, 0.3) is 10.0 Å². The van der Waals surface area contributed by atoms with Crippen LogP contribution in [0.1, 0.15) is 32.8 Å². The first-order chi connectivity index (χ1) is 8.87. The van der Waals surface area contributed by atoms with Gasteiger partial charge >= 0.3 is 0 Å². The fraction of sp³-hybridized carbons (Fsp3) is 0.750. The van der Waals surface area contributed by atoms with E-state index in [1.54, 1.807) is 10.5 Å². The summed E-state index contributed by atoms with van der Waals surface area (Å²) in [6.45, 7) is 8.62. The van der Waals surface area contributed by atoms with Crippen molar-refractivity contribution in [1.29, 1.82) is 0 Å². The molecule has 1 aromatic heterocycles. The fourth-order valence-corrected chi connectivity index (χ4v) is 4.04. The summed E-state index contributed by atoms with van der Waals surface area (Å²) in [6, 6.07) is 0. The van der Waals surface area contributed by atoms with Gasteiger partial charge in [-0.3, -0.25) is 5.10 Å². The van der Waals surface area contributed by atoms with Crippen LogP contribution in [0.15, 0.2) is 11.2 Å². The van der Waals surface area contributed by atoms with Crippen LogP contribution in [0.25, 0.3) is 0 Å². The van der Waals surface area contributed by atoms with Crippen molar-refractivity contribution >= 4 is 10.0 Å². The van der Waals surface area contributed by atoms with Crippen molar-refractivity contribution in [2.24, 2.45) is 5.41 Å². The van der Waals surface area contributed by atoms with Crippen LogP contribution in [0.2, 0.25) is 0 Å². The normalized spacial score (nSPS) is 19.9. The summed E-state index contributed by atoms with van der Waals surface area (Å²) in [4.78, 5) is 0. The Morgan fingerprint density at radius 1 is 1.53 bits per heavy atom. The summed E-state index contributed by atoms with van der Waals surface area (Å²) >= 11 is 0. The third-order valence-electron chi connectivity index (χ3n) is 3.48. The fourth-order valence-electron chi connectivity index (χ4n) is 2.31. The molecule has 19 heavy (non-hydrogen) atoms. The predicted octanol–water partition coefficient (Wildman–Crippen LogP) is 0.940. The number of nitrogens with one attached hydrogen (secondary N) is 2. The second-order valence-electron chi connectivity index (χ2n) is 5.76. The first kappa shape index (κ1) is 14.5. The molecule has 0 atom stereocenters. The second kappa shape index (κ2) is 5.22. The lowest BCUT2D eigenvalue weighted by atomic mass is 9.93. The van der Waals surface area contributed by atoms with Crippen molar-refractivity contribution < 1.29 is 8.42 Å². The molecule has 1 aliphatic heterocycles. The van der Waals surface area contributed by atoms with E-state index in [1.165, 1.54) is 0 Å². The lowest BCUT2D eigenvalue weighted by molar-refractivity contribution is 0.374. The maximum Gasteiger partial charge on any atom is 0.260 e. The molecule has 1 fully saturated rings. The van der Waals surface area contributed by atoms with Gasteiger partial charge in [-0.15, -0.1) is 0 Å². The molecule has 0 saturated carbocycles. The molecule has 0 spiro atoms. The Labute approximate surface area is 114 Å². The van der Waals surface area contributed by atoms with E-state index in [0.29, 0.717) is 25.2 Å². The van der Waals surface area contributed by atoms with Gasteiger partial charge in [0, 0.05) is 25.2 Å². The summed E-state index contributed by atoms with van der Waals surface area (Å²) in [5.41, 5.74) is 0.751. The van der Waals surface area contributed by atoms with Crippen LogP contribution in [0.3, 0.4) is 0 Å². The summed E-state index contributed by atoms with van der Waals surface area (Å²) in [5.74, 6) is 0. The summed E-state index contributed by atoms with van der Waals surface area (Å²) in [5, 5.41) is 9.87. The Bertz CT molecular complexity index is 536. The van der Waals surface area contributed by atoms with Crippen molar-refractivity contribution in [2.45, 2.75) is 38.8 Å². The molecule has 7 heteroatoms. The van der Waals surface area contributed by atoms with E-state index < -0.39 is 10.0 Å². The Morgan fingerprint density at radius 3 is 2.84 bits per heavy atom. The molecule has 108 valence electrons. The van der Waals surface area contributed by atoms with Gasteiger partial charge in [-0.05, 0) is 18.4 Å². The van der Waals surface area contributed by atoms with Gasteiger partial charge in [-0.2, -0.15) is 9.40 Å². The third kappa shape index (κ3) is 2.98. The van der Waals surface area contributed by atoms with E-state index in [9.17, 15) is 8.42 Å². The van der Waals surface area contributed by atoms with Crippen LogP contribution in [-0.2, 0) is 16.6 Å². The smallest absolute Gasteiger partial charge is 0.260 e. The standard InChI is InChI=1S/C12H22N4O2S/c1-4-13-7-10-8-14-15-11(10)19(17,18)16-6-5-12(2,3)9-16/h8,13H,4-7,9H2,1-3H3,(H,14,15). The molecule has 0 aromatic carbocycles. The second-order valence-corrected chi connectivity index (χ2v) is 7.63. The van der Waals surface area contributed by atoms with Crippen molar-refractivity contribution in [3.8, 4) is 0 Å². The number of hydrogen-bond acceptors (Lipinski definition) is 4. The van der Waals surface area contributed by atoms with Gasteiger partial charge in [-0.25, -0.2) is 8.42 Å². The number of H-pyrrole nitrogens is 1. The van der Waals surface area contributed by atoms with E-state index in [1.807, 2.05) is 6.92 Å². The van der Waals surface area contributed by atoms with Gasteiger partial charge < -0.3 is 5.32 Å². The SMILES string of the molecule is CCNCc1cn[nH]c1S(=O)(=O)N1CCC(C)(C)C1. The quantitative estimate of drug-likeness (QED) is 0.844. The Morgan fingerprint density at radius 2 is 2.26 bits per heavy atom. The highest BCUT2D eigenvalue weighted by molar-refractivity contribution is 7.89. The van der Waals surface area contributed by atoms with Gasteiger partial charge in [0.2, 0.25) is 0 Å². The highest BCUT2D eigenvalue weighted by Crippen LogP contribution is 2.32. The third-order valence-corrected chi connectivity index (χ3v) is 5.34. The van der Waals surface area contributed by atoms with E-state index in [-0.39, 0.29) is 10.4 Å². The molecular weight excluding hydrogens is 264 g/mol. The Hall–Kier alpha value is -0.920. The minimum absolute atomic E-state index is 0.0505. The summed E-state index contributed by atoms with van der Waals surface area (Å²) in [7, 11) is -3.45. The molecule has 1 aromatic rings. The zero-order valence-corrected chi connectivity index (χ0v) is 12.5. The van der Waals surface area contributed by atoms with E-state index in [0.717, 1.165) is 13.0 Å². The van der Waals surface area contributed by atoms with Gasteiger partial charge in [0.15, 0.2) is 5.03 Å². The van der Waals surface area contributed by atoms with Gasteiger partial charge in [0.1, 0.15) is 0 Å². The Balaban J connectivity index is 2.23. The van der Waals surface area contributed by atoms with Crippen molar-refractivity contribution in [3.05, 3.63) is 11.8 Å². The molecule has 0 unspecified atom stereocenters. The first-order valence-electron chi connectivity index (χ1n) is 6.60. The molecule has 0 bridgehead atoms. The monoisotopic (exact) mass is 286 g/mol. The van der Waals surface area contributed by atoms with Crippen LogP contribution < -0.4 is 5.32 Å². The van der Waals surface area contributed by atoms with Crippen LogP contribution in [-0.4, -0.2) is 42.6 Å². The maximum atomic E-state index is 12.6. The van der Waals surface area contributed by atoms with E-state index >= 15 is 0 Å².